The summed E-state index contributed by atoms with van der Waals surface area (Å²) >= 11 is 0. The van der Waals surface area contributed by atoms with E-state index >= 15 is 0 Å². The molecular formula is C16H31N3O2. The van der Waals surface area contributed by atoms with Crippen LogP contribution in [0.25, 0.3) is 0 Å². The zero-order valence-electron chi connectivity index (χ0n) is 13.9. The van der Waals surface area contributed by atoms with E-state index in [1.54, 1.807) is 4.90 Å². The van der Waals surface area contributed by atoms with Crippen molar-refractivity contribution in [3.05, 3.63) is 0 Å². The Bertz CT molecular complexity index is 357. The second kappa shape index (κ2) is 7.78. The topological polar surface area (TPSA) is 75.4 Å². The summed E-state index contributed by atoms with van der Waals surface area (Å²) < 4.78 is 0. The first-order valence-electron chi connectivity index (χ1n) is 7.97. The molecular weight excluding hydrogens is 266 g/mol. The molecule has 1 unspecified atom stereocenters. The lowest BCUT2D eigenvalue weighted by molar-refractivity contribution is -0.139. The molecule has 1 saturated heterocycles. The number of amides is 2. The van der Waals surface area contributed by atoms with E-state index < -0.39 is 5.91 Å². The molecule has 1 fully saturated rings. The van der Waals surface area contributed by atoms with Gasteiger partial charge in [-0.2, -0.15) is 0 Å². The van der Waals surface area contributed by atoms with Gasteiger partial charge in [-0.3, -0.25) is 9.59 Å². The summed E-state index contributed by atoms with van der Waals surface area (Å²) in [4.78, 5) is 25.6. The Hall–Kier alpha value is -1.10. The maximum Gasteiger partial charge on any atom is 0.237 e. The van der Waals surface area contributed by atoms with Crippen LogP contribution in [0.2, 0.25) is 0 Å². The summed E-state index contributed by atoms with van der Waals surface area (Å²) in [6, 6.07) is 0.146. The molecule has 0 spiro atoms. The molecule has 0 radical (unpaired) electrons. The number of hydrogen-bond donors (Lipinski definition) is 2. The highest BCUT2D eigenvalue weighted by Gasteiger charge is 2.28. The molecule has 1 rings (SSSR count). The van der Waals surface area contributed by atoms with E-state index in [1.807, 2.05) is 0 Å². The summed E-state index contributed by atoms with van der Waals surface area (Å²) in [5, 5.41) is 3.28. The third kappa shape index (κ3) is 6.93. The monoisotopic (exact) mass is 297 g/mol. The average Bonchev–Trinajstić information content (AvgIpc) is 2.34. The van der Waals surface area contributed by atoms with Gasteiger partial charge in [-0.05, 0) is 43.7 Å². The molecule has 5 heteroatoms. The number of carbonyl (C=O) groups is 2. The standard InChI is InChI=1S/C16H31N3O2/c1-12(10-16(2,3)4)9-15(21)19(11-14(17)20)13-5-7-18-8-6-13/h12-13,18H,5-11H2,1-4H3,(H2,17,20). The number of nitrogens with zero attached hydrogens (tertiary/aromatic N) is 1. The number of hydrogen-bond acceptors (Lipinski definition) is 3. The van der Waals surface area contributed by atoms with Crippen molar-refractivity contribution in [1.29, 1.82) is 0 Å². The normalized spacial score (nSPS) is 18.3. The number of nitrogens with one attached hydrogen (secondary N) is 1. The van der Waals surface area contributed by atoms with Crippen molar-refractivity contribution in [3.63, 3.8) is 0 Å². The van der Waals surface area contributed by atoms with Gasteiger partial charge < -0.3 is 16.0 Å². The average molecular weight is 297 g/mol. The van der Waals surface area contributed by atoms with Gasteiger partial charge in [-0.15, -0.1) is 0 Å². The maximum absolute atomic E-state index is 12.6. The molecule has 122 valence electrons. The van der Waals surface area contributed by atoms with Crippen LogP contribution in [0, 0.1) is 11.3 Å². The van der Waals surface area contributed by atoms with Gasteiger partial charge in [0.2, 0.25) is 11.8 Å². The van der Waals surface area contributed by atoms with E-state index in [9.17, 15) is 9.59 Å². The van der Waals surface area contributed by atoms with Crippen LogP contribution in [0.15, 0.2) is 0 Å². The van der Waals surface area contributed by atoms with Crippen molar-refractivity contribution in [3.8, 4) is 0 Å². The zero-order valence-corrected chi connectivity index (χ0v) is 13.9. The number of carbonyl (C=O) groups excluding carboxylic acids is 2. The van der Waals surface area contributed by atoms with Crippen molar-refractivity contribution in [2.75, 3.05) is 19.6 Å². The second-order valence-electron chi connectivity index (χ2n) is 7.54. The molecule has 1 atom stereocenters. The Balaban J connectivity index is 2.64. The minimum Gasteiger partial charge on any atom is -0.368 e. The summed E-state index contributed by atoms with van der Waals surface area (Å²) in [6.45, 7) is 10.5. The third-order valence-corrected chi connectivity index (χ3v) is 3.88. The van der Waals surface area contributed by atoms with Crippen LogP contribution in [0.1, 0.15) is 53.4 Å². The zero-order chi connectivity index (χ0) is 16.0. The van der Waals surface area contributed by atoms with E-state index in [4.69, 9.17) is 5.73 Å². The molecule has 0 aromatic heterocycles. The summed E-state index contributed by atoms with van der Waals surface area (Å²) in [5.74, 6) is -0.0441. The lowest BCUT2D eigenvalue weighted by Gasteiger charge is -2.35. The number of piperidine rings is 1. The van der Waals surface area contributed by atoms with Crippen molar-refractivity contribution in [2.24, 2.45) is 17.1 Å². The molecule has 3 N–H and O–H groups in total. The highest BCUT2D eigenvalue weighted by atomic mass is 16.2. The van der Waals surface area contributed by atoms with Crippen LogP contribution in [-0.2, 0) is 9.59 Å². The first kappa shape index (κ1) is 18.0. The fourth-order valence-electron chi connectivity index (χ4n) is 3.24. The first-order chi connectivity index (χ1) is 9.69. The summed E-state index contributed by atoms with van der Waals surface area (Å²) in [5.41, 5.74) is 5.53. The molecule has 0 saturated carbocycles. The first-order valence-corrected chi connectivity index (χ1v) is 7.97. The molecule has 0 aromatic rings. The highest BCUT2D eigenvalue weighted by molar-refractivity contribution is 5.84. The van der Waals surface area contributed by atoms with Gasteiger partial charge in [0.15, 0.2) is 0 Å². The third-order valence-electron chi connectivity index (χ3n) is 3.88. The highest BCUT2D eigenvalue weighted by Crippen LogP contribution is 2.27. The number of primary amides is 1. The Labute approximate surface area is 128 Å². The van der Waals surface area contributed by atoms with Crippen LogP contribution in [0.5, 0.6) is 0 Å². The smallest absolute Gasteiger partial charge is 0.237 e. The van der Waals surface area contributed by atoms with Crippen molar-refractivity contribution < 1.29 is 9.59 Å². The summed E-state index contributed by atoms with van der Waals surface area (Å²) in [7, 11) is 0. The molecule has 5 nitrogen and oxygen atoms in total. The lowest BCUT2D eigenvalue weighted by Crippen LogP contribution is -2.49. The fraction of sp³-hybridized carbons (Fsp3) is 0.875. The molecule has 0 aromatic carbocycles. The van der Waals surface area contributed by atoms with Gasteiger partial charge in [0.05, 0.1) is 6.54 Å². The van der Waals surface area contributed by atoms with Gasteiger partial charge in [-0.25, -0.2) is 0 Å². The lowest BCUT2D eigenvalue weighted by atomic mass is 9.84. The minimum atomic E-state index is -0.426. The van der Waals surface area contributed by atoms with Gasteiger partial charge >= 0.3 is 0 Å². The molecule has 1 heterocycles. The number of nitrogens with two attached hydrogens (primary N) is 1. The molecule has 0 aliphatic carbocycles. The summed E-state index contributed by atoms with van der Waals surface area (Å²) in [6.07, 6.45) is 3.28. The van der Waals surface area contributed by atoms with Crippen LogP contribution in [0.4, 0.5) is 0 Å². The Morgan fingerprint density at radius 2 is 1.86 bits per heavy atom. The van der Waals surface area contributed by atoms with E-state index in [0.29, 0.717) is 12.3 Å². The SMILES string of the molecule is CC(CC(=O)N(CC(N)=O)C1CCNCC1)CC(C)(C)C. The van der Waals surface area contributed by atoms with E-state index in [0.717, 1.165) is 32.4 Å². The fourth-order valence-corrected chi connectivity index (χ4v) is 3.24. The van der Waals surface area contributed by atoms with Crippen molar-refractivity contribution in [1.82, 2.24) is 10.2 Å². The van der Waals surface area contributed by atoms with Crippen molar-refractivity contribution in [2.45, 2.75) is 59.4 Å². The molecule has 21 heavy (non-hydrogen) atoms. The predicted molar refractivity (Wildman–Crippen MR) is 84.7 cm³/mol. The van der Waals surface area contributed by atoms with Crippen molar-refractivity contribution >= 4 is 11.8 Å². The van der Waals surface area contributed by atoms with Crippen LogP contribution in [0.3, 0.4) is 0 Å². The van der Waals surface area contributed by atoms with E-state index in [1.165, 1.54) is 0 Å². The quantitative estimate of drug-likeness (QED) is 0.780. The Morgan fingerprint density at radius 1 is 1.29 bits per heavy atom. The largest absolute Gasteiger partial charge is 0.368 e. The second-order valence-corrected chi connectivity index (χ2v) is 7.54. The van der Waals surface area contributed by atoms with Gasteiger partial charge in [-0.1, -0.05) is 27.7 Å². The van der Waals surface area contributed by atoms with E-state index in [2.05, 4.69) is 33.0 Å². The van der Waals surface area contributed by atoms with Gasteiger partial charge in [0.1, 0.15) is 0 Å². The van der Waals surface area contributed by atoms with Crippen LogP contribution in [-0.4, -0.2) is 42.4 Å². The molecule has 2 amide bonds. The predicted octanol–water partition coefficient (Wildman–Crippen LogP) is 1.51. The Kier molecular flexibility index (Phi) is 6.65. The van der Waals surface area contributed by atoms with Gasteiger partial charge in [0.25, 0.3) is 0 Å². The minimum absolute atomic E-state index is 0.0474. The molecule has 1 aliphatic heterocycles. The molecule has 0 bridgehead atoms. The van der Waals surface area contributed by atoms with E-state index in [-0.39, 0.29) is 23.9 Å². The van der Waals surface area contributed by atoms with Crippen LogP contribution < -0.4 is 11.1 Å². The maximum atomic E-state index is 12.6. The van der Waals surface area contributed by atoms with Gasteiger partial charge in [0, 0.05) is 12.5 Å². The Morgan fingerprint density at radius 3 is 2.33 bits per heavy atom. The van der Waals surface area contributed by atoms with Crippen LogP contribution >= 0.6 is 0 Å². The number of rotatable bonds is 6. The molecule has 1 aliphatic rings.